The van der Waals surface area contributed by atoms with Crippen LogP contribution < -0.4 is 4.90 Å². The van der Waals surface area contributed by atoms with Crippen molar-refractivity contribution < 1.29 is 14.4 Å². The summed E-state index contributed by atoms with van der Waals surface area (Å²) in [6, 6.07) is 4.71. The number of allylic oxidation sites excluding steroid dienone is 1. The van der Waals surface area contributed by atoms with Crippen LogP contribution in [0.1, 0.15) is 69.9 Å². The van der Waals surface area contributed by atoms with Gasteiger partial charge in [0.15, 0.2) is 0 Å². The predicted octanol–water partition coefficient (Wildman–Crippen LogP) is 3.51. The average molecular weight is 396 g/mol. The van der Waals surface area contributed by atoms with Crippen molar-refractivity contribution in [2.75, 3.05) is 13.1 Å². The summed E-state index contributed by atoms with van der Waals surface area (Å²) in [4.78, 5) is 18.9. The first kappa shape index (κ1) is 19.3. The molecule has 4 nitrogen and oxygen atoms in total. The van der Waals surface area contributed by atoms with Crippen molar-refractivity contribution in [3.05, 3.63) is 42.2 Å². The van der Waals surface area contributed by atoms with E-state index in [-0.39, 0.29) is 23.4 Å². The van der Waals surface area contributed by atoms with E-state index in [0.717, 1.165) is 32.4 Å². The molecular formula is C25H35N2O2+. The number of hydrogen-bond donors (Lipinski definition) is 1. The van der Waals surface area contributed by atoms with Crippen LogP contribution in [0.3, 0.4) is 0 Å². The van der Waals surface area contributed by atoms with E-state index in [1.54, 1.807) is 4.90 Å². The summed E-state index contributed by atoms with van der Waals surface area (Å²) < 4.78 is 6.02. The minimum atomic E-state index is 0.0477. The highest BCUT2D eigenvalue weighted by atomic mass is 16.6. The molecule has 2 aliphatic heterocycles. The van der Waals surface area contributed by atoms with Gasteiger partial charge in [0.2, 0.25) is 0 Å². The zero-order valence-corrected chi connectivity index (χ0v) is 17.7. The van der Waals surface area contributed by atoms with Gasteiger partial charge in [0.1, 0.15) is 18.1 Å². The van der Waals surface area contributed by atoms with Crippen molar-refractivity contribution in [3.63, 3.8) is 0 Å². The maximum atomic E-state index is 13.0. The number of hydrogen-bond acceptors (Lipinski definition) is 3. The monoisotopic (exact) mass is 395 g/mol. The van der Waals surface area contributed by atoms with Gasteiger partial charge in [-0.1, -0.05) is 25.1 Å². The summed E-state index contributed by atoms with van der Waals surface area (Å²) in [6.45, 7) is 8.90. The highest BCUT2D eigenvalue weighted by Crippen LogP contribution is 2.56. The van der Waals surface area contributed by atoms with Crippen molar-refractivity contribution in [1.29, 1.82) is 0 Å². The van der Waals surface area contributed by atoms with Crippen LogP contribution in [0.2, 0.25) is 0 Å². The van der Waals surface area contributed by atoms with Crippen LogP contribution in [-0.4, -0.2) is 30.1 Å². The van der Waals surface area contributed by atoms with Crippen molar-refractivity contribution in [2.45, 2.75) is 70.4 Å². The van der Waals surface area contributed by atoms with Crippen molar-refractivity contribution in [1.82, 2.24) is 4.98 Å². The number of piperidine rings is 1. The lowest BCUT2D eigenvalue weighted by atomic mass is 9.55. The van der Waals surface area contributed by atoms with Crippen LogP contribution in [0.25, 0.3) is 0 Å². The topological polar surface area (TPSA) is 43.6 Å². The number of esters is 1. The number of ether oxygens (including phenoxy) is 1. The van der Waals surface area contributed by atoms with Crippen LogP contribution in [0, 0.1) is 23.2 Å². The number of likely N-dealkylation sites (tertiary alicyclic amines) is 1. The van der Waals surface area contributed by atoms with Crippen molar-refractivity contribution >= 4 is 5.97 Å². The molecule has 1 aromatic rings. The highest BCUT2D eigenvalue weighted by Gasteiger charge is 2.56. The molecule has 5 rings (SSSR count). The normalized spacial score (nSPS) is 42.1. The number of carbonyl (C=O) groups is 1. The maximum absolute atomic E-state index is 13.0. The van der Waals surface area contributed by atoms with E-state index in [9.17, 15) is 4.79 Å². The molecule has 0 amide bonds. The van der Waals surface area contributed by atoms with Crippen molar-refractivity contribution in [3.8, 4) is 0 Å². The minimum Gasteiger partial charge on any atom is -0.462 e. The Labute approximate surface area is 174 Å². The summed E-state index contributed by atoms with van der Waals surface area (Å²) in [5.74, 6) is 1.06. The summed E-state index contributed by atoms with van der Waals surface area (Å²) in [5, 5.41) is 0. The van der Waals surface area contributed by atoms with Gasteiger partial charge in [-0.25, -0.2) is 0 Å². The van der Waals surface area contributed by atoms with E-state index in [1.165, 1.54) is 43.2 Å². The summed E-state index contributed by atoms with van der Waals surface area (Å²) >= 11 is 0. The van der Waals surface area contributed by atoms with Gasteiger partial charge in [0, 0.05) is 30.3 Å². The number of aromatic nitrogens is 1. The van der Waals surface area contributed by atoms with Crippen LogP contribution in [0.5, 0.6) is 0 Å². The van der Waals surface area contributed by atoms with Gasteiger partial charge in [0.05, 0.1) is 13.1 Å². The van der Waals surface area contributed by atoms with E-state index in [1.807, 2.05) is 18.5 Å². The van der Waals surface area contributed by atoms with E-state index in [4.69, 9.17) is 4.74 Å². The molecule has 0 radical (unpaired) electrons. The first-order chi connectivity index (χ1) is 14.0. The Morgan fingerprint density at radius 2 is 2.24 bits per heavy atom. The third-order valence-electron chi connectivity index (χ3n) is 8.62. The number of pyridine rings is 1. The molecule has 1 aromatic heterocycles. The average Bonchev–Trinajstić information content (AvgIpc) is 3.01. The fourth-order valence-corrected chi connectivity index (χ4v) is 7.08. The molecule has 1 unspecified atom stereocenters. The number of carbonyl (C=O) groups excluding carboxylic acids is 1. The number of nitrogens with one attached hydrogen (secondary N) is 1. The van der Waals surface area contributed by atoms with Gasteiger partial charge in [-0.05, 0) is 62.3 Å². The molecule has 2 saturated heterocycles. The Balaban J connectivity index is 1.35. The van der Waals surface area contributed by atoms with Gasteiger partial charge in [-0.3, -0.25) is 9.78 Å². The molecule has 1 N–H and O–H groups in total. The van der Waals surface area contributed by atoms with Gasteiger partial charge < -0.3 is 9.64 Å². The second-order valence-electron chi connectivity index (χ2n) is 10.4. The zero-order chi connectivity index (χ0) is 20.0. The third kappa shape index (κ3) is 3.43. The quantitative estimate of drug-likeness (QED) is 0.629. The minimum absolute atomic E-state index is 0.0477. The largest absolute Gasteiger partial charge is 0.462 e. The Kier molecular flexibility index (Phi) is 5.01. The smallest absolute Gasteiger partial charge is 0.315 e. The lowest BCUT2D eigenvalue weighted by Crippen LogP contribution is -3.14. The number of fused-ring (bicyclic) bond motifs is 2. The standard InChI is InChI=1S/C25H34N2O2/c1-17-7-5-10-25(2)14-23-19(13-21(17)25)20(24(28)29-23)16-27-12-4-3-9-22(27)18-8-6-11-26-15-18/h6,8,11,15,19-23H,1,3-5,7,9-10,12-14,16H2,2H3/p+1/t19-,20-,21+,22-,23-,25-/m1/s1. The van der Waals surface area contributed by atoms with Gasteiger partial charge >= 0.3 is 5.97 Å². The van der Waals surface area contributed by atoms with Crippen LogP contribution >= 0.6 is 0 Å². The Morgan fingerprint density at radius 1 is 1.34 bits per heavy atom. The van der Waals surface area contributed by atoms with Crippen molar-refractivity contribution in [2.24, 2.45) is 23.2 Å². The van der Waals surface area contributed by atoms with Gasteiger partial charge in [-0.15, -0.1) is 0 Å². The maximum Gasteiger partial charge on any atom is 0.315 e. The SMILES string of the molecule is C=C1CCC[C@]2(C)C[C@H]3OC(=O)[C@H](C[NH+]4CCCC[C@@H]4c4cccnc4)[C@H]3C[C@@H]12. The lowest BCUT2D eigenvalue weighted by molar-refractivity contribution is -0.939. The number of rotatable bonds is 3. The molecule has 4 aliphatic rings. The Bertz CT molecular complexity index is 778. The first-order valence-corrected chi connectivity index (χ1v) is 11.7. The summed E-state index contributed by atoms with van der Waals surface area (Å²) in [6.07, 6.45) is 13.5. The van der Waals surface area contributed by atoms with Crippen LogP contribution in [0.15, 0.2) is 36.7 Å². The van der Waals surface area contributed by atoms with E-state index >= 15 is 0 Å². The third-order valence-corrected chi connectivity index (χ3v) is 8.62. The predicted molar refractivity (Wildman–Crippen MR) is 112 cm³/mol. The molecule has 0 aromatic carbocycles. The molecule has 156 valence electrons. The second-order valence-corrected chi connectivity index (χ2v) is 10.4. The summed E-state index contributed by atoms with van der Waals surface area (Å²) in [7, 11) is 0. The molecule has 29 heavy (non-hydrogen) atoms. The van der Waals surface area contributed by atoms with Crippen LogP contribution in [0.4, 0.5) is 0 Å². The molecule has 0 bridgehead atoms. The fraction of sp³-hybridized carbons (Fsp3) is 0.680. The first-order valence-electron chi connectivity index (χ1n) is 11.7. The van der Waals surface area contributed by atoms with Gasteiger partial charge in [-0.2, -0.15) is 0 Å². The summed E-state index contributed by atoms with van der Waals surface area (Å²) in [5.41, 5.74) is 3.03. The molecule has 4 heteroatoms. The van der Waals surface area contributed by atoms with E-state index in [2.05, 4.69) is 24.6 Å². The molecule has 2 aliphatic carbocycles. The van der Waals surface area contributed by atoms with Crippen LogP contribution in [-0.2, 0) is 9.53 Å². The Morgan fingerprint density at radius 3 is 3.07 bits per heavy atom. The molecule has 7 atom stereocenters. The molecule has 0 spiro atoms. The molecule has 3 heterocycles. The zero-order valence-electron chi connectivity index (χ0n) is 17.7. The van der Waals surface area contributed by atoms with Gasteiger partial charge in [0.25, 0.3) is 0 Å². The molecule has 4 fully saturated rings. The Hall–Kier alpha value is -1.68. The number of quaternary nitrogens is 1. The lowest BCUT2D eigenvalue weighted by Gasteiger charge is -2.50. The fourth-order valence-electron chi connectivity index (χ4n) is 7.08. The highest BCUT2D eigenvalue weighted by molar-refractivity contribution is 5.75. The molecule has 2 saturated carbocycles. The van der Waals surface area contributed by atoms with E-state index in [0.29, 0.717) is 17.9 Å². The number of nitrogens with zero attached hydrogens (tertiary/aromatic N) is 1. The molecular weight excluding hydrogens is 360 g/mol. The second kappa shape index (κ2) is 7.54. The van der Waals surface area contributed by atoms with E-state index < -0.39 is 0 Å².